The number of carbonyl (C=O) groups excluding carboxylic acids is 2. The van der Waals surface area contributed by atoms with Crippen LogP contribution >= 0.6 is 43.2 Å². The summed E-state index contributed by atoms with van der Waals surface area (Å²) in [5.74, 6) is -2.38. The van der Waals surface area contributed by atoms with Gasteiger partial charge in [-0.05, 0) is 41.5 Å². The lowest BCUT2D eigenvalue weighted by atomic mass is 9.83. The van der Waals surface area contributed by atoms with Crippen molar-refractivity contribution in [3.63, 3.8) is 0 Å². The van der Waals surface area contributed by atoms with Crippen LogP contribution in [0.15, 0.2) is 67.8 Å². The Labute approximate surface area is 215 Å². The van der Waals surface area contributed by atoms with Gasteiger partial charge in [0.15, 0.2) is 0 Å². The van der Waals surface area contributed by atoms with E-state index in [9.17, 15) is 14.4 Å². The van der Waals surface area contributed by atoms with Gasteiger partial charge in [0.25, 0.3) is 5.56 Å². The summed E-state index contributed by atoms with van der Waals surface area (Å²) in [5, 5.41) is 0. The average Bonchev–Trinajstić information content (AvgIpc) is 3.15. The first kappa shape index (κ1) is 24.2. The van der Waals surface area contributed by atoms with Crippen LogP contribution in [0, 0.1) is 0 Å². The maximum atomic E-state index is 13.4. The Morgan fingerprint density at radius 1 is 0.941 bits per heavy atom. The topological polar surface area (TPSA) is 101 Å². The van der Waals surface area contributed by atoms with Crippen LogP contribution in [0.25, 0.3) is 17.5 Å². The first-order valence-corrected chi connectivity index (χ1v) is 12.3. The van der Waals surface area contributed by atoms with Crippen molar-refractivity contribution < 1.29 is 19.1 Å². The molecule has 10 heteroatoms. The second-order valence-corrected chi connectivity index (χ2v) is 10.2. The van der Waals surface area contributed by atoms with Crippen molar-refractivity contribution in [2.24, 2.45) is 5.73 Å². The largest absolute Gasteiger partial charge is 0.466 e. The number of hydrogen-bond donors (Lipinski definition) is 1. The van der Waals surface area contributed by atoms with Gasteiger partial charge in [-0.2, -0.15) is 0 Å². The van der Waals surface area contributed by atoms with Gasteiger partial charge in [-0.25, -0.2) is 9.59 Å². The predicted molar refractivity (Wildman–Crippen MR) is 137 cm³/mol. The van der Waals surface area contributed by atoms with Crippen LogP contribution in [0.4, 0.5) is 0 Å². The molecule has 1 unspecified atom stereocenters. The molecule has 2 N–H and O–H groups in total. The Morgan fingerprint density at radius 2 is 1.47 bits per heavy atom. The third kappa shape index (κ3) is 4.28. The quantitative estimate of drug-likeness (QED) is 0.459. The first-order valence-electron chi connectivity index (χ1n) is 9.92. The molecule has 0 fully saturated rings. The number of halogens is 2. The van der Waals surface area contributed by atoms with Crippen molar-refractivity contribution in [1.29, 1.82) is 0 Å². The number of carbonyl (C=O) groups is 2. The summed E-state index contributed by atoms with van der Waals surface area (Å²) in [5.41, 5.74) is 7.51. The van der Waals surface area contributed by atoms with Gasteiger partial charge in [-0.1, -0.05) is 56.1 Å². The number of rotatable bonds is 4. The SMILES string of the molecule is COC(=O)C1=C(N)n2c(sc(=Cc3ccc(Br)cc3)c2=O)=C(C(=O)OC)C1c1ccc(Br)cc1. The minimum Gasteiger partial charge on any atom is -0.466 e. The number of fused-ring (bicyclic) bond motifs is 1. The molecule has 2 heterocycles. The number of nitrogens with zero attached hydrogens (tertiary/aromatic N) is 1. The second-order valence-electron chi connectivity index (χ2n) is 7.29. The van der Waals surface area contributed by atoms with Crippen molar-refractivity contribution in [2.45, 2.75) is 5.92 Å². The number of nitrogens with two attached hydrogens (primary N) is 1. The van der Waals surface area contributed by atoms with Crippen LogP contribution in [-0.2, 0) is 19.1 Å². The summed E-state index contributed by atoms with van der Waals surface area (Å²) < 4.78 is 13.6. The highest BCUT2D eigenvalue weighted by atomic mass is 79.9. The molecule has 174 valence electrons. The van der Waals surface area contributed by atoms with Crippen LogP contribution in [0.5, 0.6) is 0 Å². The fourth-order valence-electron chi connectivity index (χ4n) is 3.76. The van der Waals surface area contributed by atoms with Gasteiger partial charge in [0.2, 0.25) is 0 Å². The van der Waals surface area contributed by atoms with E-state index in [2.05, 4.69) is 31.9 Å². The number of methoxy groups -OCH3 is 2. The van der Waals surface area contributed by atoms with E-state index < -0.39 is 23.4 Å². The number of benzene rings is 2. The molecule has 2 aromatic carbocycles. The maximum Gasteiger partial charge on any atom is 0.338 e. The highest BCUT2D eigenvalue weighted by Gasteiger charge is 2.39. The monoisotopic (exact) mass is 604 g/mol. The van der Waals surface area contributed by atoms with Crippen molar-refractivity contribution >= 4 is 72.6 Å². The summed E-state index contributed by atoms with van der Waals surface area (Å²) >= 11 is 7.89. The zero-order valence-electron chi connectivity index (χ0n) is 18.0. The summed E-state index contributed by atoms with van der Waals surface area (Å²) in [6, 6.07) is 14.5. The molecule has 34 heavy (non-hydrogen) atoms. The van der Waals surface area contributed by atoms with Gasteiger partial charge in [-0.3, -0.25) is 9.36 Å². The Kier molecular flexibility index (Phi) is 6.92. The number of aromatic nitrogens is 1. The van der Waals surface area contributed by atoms with Crippen molar-refractivity contribution in [2.75, 3.05) is 14.2 Å². The molecule has 1 aliphatic rings. The number of hydrogen-bond acceptors (Lipinski definition) is 7. The summed E-state index contributed by atoms with van der Waals surface area (Å²) in [6.45, 7) is 0. The predicted octanol–water partition coefficient (Wildman–Crippen LogP) is 2.69. The lowest BCUT2D eigenvalue weighted by Crippen LogP contribution is -2.41. The minimum atomic E-state index is -0.883. The molecule has 7 nitrogen and oxygen atoms in total. The number of ether oxygens (including phenoxy) is 2. The van der Waals surface area contributed by atoms with Crippen molar-refractivity contribution in [3.05, 3.63) is 93.7 Å². The summed E-state index contributed by atoms with van der Waals surface area (Å²) in [7, 11) is 2.47. The highest BCUT2D eigenvalue weighted by Crippen LogP contribution is 2.37. The van der Waals surface area contributed by atoms with Crippen molar-refractivity contribution in [1.82, 2.24) is 4.57 Å². The molecular formula is C24H18Br2N2O5S. The molecule has 0 radical (unpaired) electrons. The lowest BCUT2D eigenvalue weighted by molar-refractivity contribution is -0.136. The molecule has 0 bridgehead atoms. The average molecular weight is 606 g/mol. The molecule has 0 saturated heterocycles. The molecule has 3 aromatic rings. The van der Waals surface area contributed by atoms with Gasteiger partial charge < -0.3 is 15.2 Å². The molecule has 0 spiro atoms. The van der Waals surface area contributed by atoms with Crippen molar-refractivity contribution in [3.8, 4) is 0 Å². The zero-order chi connectivity index (χ0) is 24.6. The van der Waals surface area contributed by atoms with Gasteiger partial charge in [0.05, 0.1) is 35.8 Å². The van der Waals surface area contributed by atoms with Crippen LogP contribution in [0.1, 0.15) is 17.0 Å². The van der Waals surface area contributed by atoms with E-state index in [4.69, 9.17) is 15.2 Å². The molecule has 1 aliphatic heterocycles. The first-order chi connectivity index (χ1) is 16.3. The molecule has 1 atom stereocenters. The van der Waals surface area contributed by atoms with E-state index in [-0.39, 0.29) is 17.0 Å². The van der Waals surface area contributed by atoms with Crippen LogP contribution in [-0.4, -0.2) is 30.7 Å². The fourth-order valence-corrected chi connectivity index (χ4v) is 5.46. The third-order valence-corrected chi connectivity index (χ3v) is 7.50. The smallest absolute Gasteiger partial charge is 0.338 e. The van der Waals surface area contributed by atoms with E-state index in [1.54, 1.807) is 30.3 Å². The van der Waals surface area contributed by atoms with Gasteiger partial charge >= 0.3 is 11.9 Å². The Hall–Kier alpha value is -2.95. The Balaban J connectivity index is 2.11. The standard InChI is InChI=1S/C24H18Br2N2O5S/c1-32-23(30)18-17(13-5-9-15(26)10-6-13)19(24(31)33-2)22-28(20(18)27)21(29)16(34-22)11-12-3-7-14(25)8-4-12/h3-11,17H,27H2,1-2H3. The third-order valence-electron chi connectivity index (χ3n) is 5.33. The van der Waals surface area contributed by atoms with E-state index in [0.29, 0.717) is 14.8 Å². The molecular weight excluding hydrogens is 588 g/mol. The number of thiazole rings is 1. The minimum absolute atomic E-state index is 0.00665. The summed E-state index contributed by atoms with van der Waals surface area (Å²) in [6.07, 6.45) is 1.71. The van der Waals surface area contributed by atoms with Gasteiger partial charge in [0, 0.05) is 8.95 Å². The van der Waals surface area contributed by atoms with Crippen LogP contribution in [0.2, 0.25) is 0 Å². The van der Waals surface area contributed by atoms with E-state index in [1.165, 1.54) is 18.8 Å². The highest BCUT2D eigenvalue weighted by molar-refractivity contribution is 9.10. The van der Waals surface area contributed by atoms with E-state index >= 15 is 0 Å². The van der Waals surface area contributed by atoms with E-state index in [1.807, 2.05) is 24.3 Å². The number of esters is 2. The van der Waals surface area contributed by atoms with Crippen LogP contribution < -0.4 is 20.5 Å². The molecule has 1 aromatic heterocycles. The van der Waals surface area contributed by atoms with Gasteiger partial charge in [0.1, 0.15) is 10.5 Å². The molecule has 0 saturated carbocycles. The van der Waals surface area contributed by atoms with Crippen LogP contribution in [0.3, 0.4) is 0 Å². The van der Waals surface area contributed by atoms with Gasteiger partial charge in [-0.15, -0.1) is 11.3 Å². The van der Waals surface area contributed by atoms with E-state index in [0.717, 1.165) is 25.8 Å². The zero-order valence-corrected chi connectivity index (χ0v) is 22.0. The molecule has 4 rings (SSSR count). The maximum absolute atomic E-state index is 13.4. The Bertz CT molecular complexity index is 1500. The molecule has 0 aliphatic carbocycles. The normalized spacial score (nSPS) is 15.8. The fraction of sp³-hybridized carbons (Fsp3) is 0.125. The molecule has 0 amide bonds. The lowest BCUT2D eigenvalue weighted by Gasteiger charge is -2.26. The second kappa shape index (κ2) is 9.73. The Morgan fingerprint density at radius 3 is 2.03 bits per heavy atom. The summed E-state index contributed by atoms with van der Waals surface area (Å²) in [4.78, 5) is 39.3.